The fourth-order valence-corrected chi connectivity index (χ4v) is 2.34. The van der Waals surface area contributed by atoms with E-state index < -0.39 is 8.17 Å². The van der Waals surface area contributed by atoms with Crippen molar-refractivity contribution in [3.8, 4) is 0 Å². The first-order valence-electron chi connectivity index (χ1n) is 5.96. The van der Waals surface area contributed by atoms with Crippen molar-refractivity contribution in [1.82, 2.24) is 0 Å². The van der Waals surface area contributed by atoms with E-state index in [1.54, 1.807) is 0 Å². The molecule has 0 aliphatic rings. The van der Waals surface area contributed by atoms with Gasteiger partial charge in [0.05, 0.1) is 0 Å². The fourth-order valence-electron chi connectivity index (χ4n) is 1.54. The van der Waals surface area contributed by atoms with Gasteiger partial charge in [0, 0.05) is 0 Å². The van der Waals surface area contributed by atoms with Gasteiger partial charge in [-0.05, 0) is 0 Å². The number of rotatable bonds is 6. The van der Waals surface area contributed by atoms with Gasteiger partial charge in [-0.15, -0.1) is 0 Å². The van der Waals surface area contributed by atoms with Crippen LogP contribution in [-0.2, 0) is 22.3 Å². The Morgan fingerprint density at radius 1 is 0.684 bits per heavy atom. The molecule has 2 rings (SSSR count). The average Bonchev–Trinajstić information content (AvgIpc) is 2.46. The van der Waals surface area contributed by atoms with Gasteiger partial charge >= 0.3 is 112 Å². The molecular formula is C14H17O4P. The molecule has 5 heteroatoms. The Labute approximate surface area is 112 Å². The van der Waals surface area contributed by atoms with E-state index in [0.717, 1.165) is 11.1 Å². The zero-order chi connectivity index (χ0) is 13.6. The molecule has 0 heterocycles. The summed E-state index contributed by atoms with van der Waals surface area (Å²) in [7, 11) is -4.07. The molecule has 0 atom stereocenters. The predicted molar refractivity (Wildman–Crippen MR) is 75.2 cm³/mol. The van der Waals surface area contributed by atoms with Gasteiger partial charge in [0.25, 0.3) is 0 Å². The quantitative estimate of drug-likeness (QED) is 0.799. The minimum atomic E-state index is -4.07. The topological polar surface area (TPSA) is 58.9 Å². The van der Waals surface area contributed by atoms with Crippen LogP contribution in [0.5, 0.6) is 0 Å². The molecule has 2 aromatic carbocycles. The third kappa shape index (κ3) is 5.07. The van der Waals surface area contributed by atoms with E-state index >= 15 is 0 Å². The van der Waals surface area contributed by atoms with Gasteiger partial charge in [0.2, 0.25) is 0 Å². The Bertz CT molecular complexity index is 442. The molecule has 0 spiro atoms. The Balaban J connectivity index is 1.82. The molecule has 0 bridgehead atoms. The summed E-state index contributed by atoms with van der Waals surface area (Å²) >= 11 is 0. The summed E-state index contributed by atoms with van der Waals surface area (Å²) in [6.07, 6.45) is 0. The molecule has 19 heavy (non-hydrogen) atoms. The zero-order valence-electron chi connectivity index (χ0n) is 10.4. The standard InChI is InChI=1S/C14H17O4P/c15-19(16,17-11-13-7-3-1-4-8-13)18-12-14-9-5-2-6-10-14/h1-10,15-16,19H,11-12H2. The molecule has 2 aromatic rings. The SMILES string of the molecule is O[PH](O)(OCc1ccccc1)OCc1ccccc1. The van der Waals surface area contributed by atoms with Crippen molar-refractivity contribution in [2.24, 2.45) is 0 Å². The van der Waals surface area contributed by atoms with Crippen molar-refractivity contribution in [1.29, 1.82) is 0 Å². The Morgan fingerprint density at radius 2 is 1.05 bits per heavy atom. The first kappa shape index (κ1) is 14.1. The molecule has 0 aliphatic carbocycles. The maximum atomic E-state index is 9.69. The van der Waals surface area contributed by atoms with E-state index in [1.807, 2.05) is 60.7 Å². The molecule has 0 aliphatic heterocycles. The van der Waals surface area contributed by atoms with E-state index in [2.05, 4.69) is 0 Å². The average molecular weight is 280 g/mol. The van der Waals surface area contributed by atoms with Gasteiger partial charge in [-0.1, -0.05) is 0 Å². The van der Waals surface area contributed by atoms with Crippen LogP contribution in [0.3, 0.4) is 0 Å². The van der Waals surface area contributed by atoms with Crippen molar-refractivity contribution in [2.45, 2.75) is 13.2 Å². The van der Waals surface area contributed by atoms with Crippen molar-refractivity contribution >= 4 is 8.17 Å². The summed E-state index contributed by atoms with van der Waals surface area (Å²) in [6, 6.07) is 18.6. The van der Waals surface area contributed by atoms with Crippen LogP contribution in [-0.4, -0.2) is 9.79 Å². The summed E-state index contributed by atoms with van der Waals surface area (Å²) in [5.74, 6) is 0. The van der Waals surface area contributed by atoms with Crippen molar-refractivity contribution < 1.29 is 18.8 Å². The van der Waals surface area contributed by atoms with Gasteiger partial charge in [-0.3, -0.25) is 0 Å². The zero-order valence-corrected chi connectivity index (χ0v) is 11.4. The summed E-state index contributed by atoms with van der Waals surface area (Å²) in [6.45, 7) is 0.240. The third-order valence-electron chi connectivity index (χ3n) is 2.54. The van der Waals surface area contributed by atoms with Crippen LogP contribution < -0.4 is 0 Å². The second-order valence-electron chi connectivity index (χ2n) is 4.10. The van der Waals surface area contributed by atoms with Gasteiger partial charge in [0.15, 0.2) is 0 Å². The molecule has 0 fully saturated rings. The summed E-state index contributed by atoms with van der Waals surface area (Å²) in [4.78, 5) is 19.4. The molecule has 102 valence electrons. The molecule has 4 nitrogen and oxygen atoms in total. The fraction of sp³-hybridized carbons (Fsp3) is 0.143. The van der Waals surface area contributed by atoms with E-state index in [-0.39, 0.29) is 13.2 Å². The summed E-state index contributed by atoms with van der Waals surface area (Å²) in [5.41, 5.74) is 1.73. The monoisotopic (exact) mass is 280 g/mol. The molecule has 0 saturated heterocycles. The van der Waals surface area contributed by atoms with E-state index in [1.165, 1.54) is 0 Å². The van der Waals surface area contributed by atoms with Crippen LogP contribution in [0.15, 0.2) is 60.7 Å². The van der Waals surface area contributed by atoms with E-state index in [4.69, 9.17) is 9.05 Å². The molecule has 0 saturated carbocycles. The summed E-state index contributed by atoms with van der Waals surface area (Å²) < 4.78 is 10.1. The normalized spacial score (nSPS) is 12.3. The van der Waals surface area contributed by atoms with Crippen LogP contribution in [0.4, 0.5) is 0 Å². The van der Waals surface area contributed by atoms with Crippen LogP contribution in [0.25, 0.3) is 0 Å². The number of hydrogen-bond acceptors (Lipinski definition) is 4. The Morgan fingerprint density at radius 3 is 1.42 bits per heavy atom. The Hall–Kier alpha value is -1.29. The summed E-state index contributed by atoms with van der Waals surface area (Å²) in [5, 5.41) is 0. The van der Waals surface area contributed by atoms with Gasteiger partial charge < -0.3 is 0 Å². The van der Waals surface area contributed by atoms with E-state index in [9.17, 15) is 9.79 Å². The third-order valence-corrected chi connectivity index (χ3v) is 3.58. The van der Waals surface area contributed by atoms with Gasteiger partial charge in [-0.2, -0.15) is 0 Å². The van der Waals surface area contributed by atoms with Crippen LogP contribution in [0, 0.1) is 0 Å². The second kappa shape index (κ2) is 6.75. The van der Waals surface area contributed by atoms with Crippen molar-refractivity contribution in [2.75, 3.05) is 0 Å². The van der Waals surface area contributed by atoms with Crippen LogP contribution >= 0.6 is 8.17 Å². The predicted octanol–water partition coefficient (Wildman–Crippen LogP) is 2.81. The first-order valence-corrected chi connectivity index (χ1v) is 7.67. The first-order chi connectivity index (χ1) is 9.16. The maximum absolute atomic E-state index is 9.69. The number of benzene rings is 2. The molecule has 0 unspecified atom stereocenters. The molecule has 0 radical (unpaired) electrons. The van der Waals surface area contributed by atoms with E-state index in [0.29, 0.717) is 0 Å². The molecule has 0 amide bonds. The van der Waals surface area contributed by atoms with Crippen LogP contribution in [0.2, 0.25) is 0 Å². The number of hydrogen-bond donors (Lipinski definition) is 2. The second-order valence-corrected chi connectivity index (χ2v) is 5.77. The van der Waals surface area contributed by atoms with Gasteiger partial charge in [0.1, 0.15) is 0 Å². The van der Waals surface area contributed by atoms with Crippen molar-refractivity contribution in [3.63, 3.8) is 0 Å². The minimum absolute atomic E-state index is 0.120. The van der Waals surface area contributed by atoms with Crippen molar-refractivity contribution in [3.05, 3.63) is 71.8 Å². The van der Waals surface area contributed by atoms with Crippen LogP contribution in [0.1, 0.15) is 11.1 Å². The molecule has 0 aromatic heterocycles. The molecular weight excluding hydrogens is 263 g/mol. The van der Waals surface area contributed by atoms with Gasteiger partial charge in [-0.25, -0.2) is 0 Å². The molecule has 2 N–H and O–H groups in total. The Kier molecular flexibility index (Phi) is 5.02.